The lowest BCUT2D eigenvalue weighted by molar-refractivity contribution is -0.130. The first-order chi connectivity index (χ1) is 8.61. The number of hydrogen-bond acceptors (Lipinski definition) is 3. The molecule has 2 atom stereocenters. The monoisotopic (exact) mass is 254 g/mol. The number of nitrogens with zero attached hydrogens (tertiary/aromatic N) is 1. The van der Waals surface area contributed by atoms with Crippen molar-refractivity contribution in [3.63, 3.8) is 0 Å². The predicted octanol–water partition coefficient (Wildman–Crippen LogP) is 0.274. The SMILES string of the molecule is CC(CO)NC(=O)C1CC(=O)N(C2CCCC2)C1. The van der Waals surface area contributed by atoms with Gasteiger partial charge in [0.15, 0.2) is 0 Å². The number of rotatable bonds is 4. The van der Waals surface area contributed by atoms with Crippen LogP contribution in [0.3, 0.4) is 0 Å². The maximum absolute atomic E-state index is 11.9. The molecule has 1 heterocycles. The Balaban J connectivity index is 1.89. The van der Waals surface area contributed by atoms with Crippen LogP contribution < -0.4 is 5.32 Å². The molecule has 5 heteroatoms. The van der Waals surface area contributed by atoms with Crippen molar-refractivity contribution in [2.45, 2.75) is 51.1 Å². The summed E-state index contributed by atoms with van der Waals surface area (Å²) in [6, 6.07) is 0.110. The Labute approximate surface area is 108 Å². The van der Waals surface area contributed by atoms with Crippen LogP contribution in [0.4, 0.5) is 0 Å². The maximum atomic E-state index is 11.9. The number of carbonyl (C=O) groups excluding carboxylic acids is 2. The zero-order valence-corrected chi connectivity index (χ0v) is 10.9. The van der Waals surface area contributed by atoms with Gasteiger partial charge in [0.05, 0.1) is 12.5 Å². The first-order valence-corrected chi connectivity index (χ1v) is 6.82. The Bertz CT molecular complexity index is 326. The molecule has 102 valence electrons. The average molecular weight is 254 g/mol. The van der Waals surface area contributed by atoms with Gasteiger partial charge in [-0.1, -0.05) is 12.8 Å². The topological polar surface area (TPSA) is 69.6 Å². The van der Waals surface area contributed by atoms with E-state index in [2.05, 4.69) is 5.32 Å². The summed E-state index contributed by atoms with van der Waals surface area (Å²) in [4.78, 5) is 25.7. The third-order valence-corrected chi connectivity index (χ3v) is 3.96. The molecule has 2 N–H and O–H groups in total. The molecule has 0 spiro atoms. The number of nitrogens with one attached hydrogen (secondary N) is 1. The van der Waals surface area contributed by atoms with Gasteiger partial charge in [-0.25, -0.2) is 0 Å². The van der Waals surface area contributed by atoms with Crippen LogP contribution in [0, 0.1) is 5.92 Å². The quantitative estimate of drug-likeness (QED) is 0.757. The van der Waals surface area contributed by atoms with E-state index in [1.807, 2.05) is 4.90 Å². The highest BCUT2D eigenvalue weighted by Crippen LogP contribution is 2.29. The Kier molecular flexibility index (Phi) is 4.22. The standard InChI is InChI=1S/C13H22N2O3/c1-9(8-16)14-13(18)10-6-12(17)15(7-10)11-4-2-3-5-11/h9-11,16H,2-8H2,1H3,(H,14,18). The Morgan fingerprint density at radius 3 is 2.78 bits per heavy atom. The Morgan fingerprint density at radius 1 is 1.50 bits per heavy atom. The van der Waals surface area contributed by atoms with E-state index in [4.69, 9.17) is 5.11 Å². The van der Waals surface area contributed by atoms with E-state index in [1.165, 1.54) is 12.8 Å². The number of amides is 2. The summed E-state index contributed by atoms with van der Waals surface area (Å²) in [5.41, 5.74) is 0. The molecular formula is C13H22N2O3. The lowest BCUT2D eigenvalue weighted by Gasteiger charge is -2.24. The fourth-order valence-electron chi connectivity index (χ4n) is 2.88. The largest absolute Gasteiger partial charge is 0.394 e. The Hall–Kier alpha value is -1.10. The summed E-state index contributed by atoms with van der Waals surface area (Å²) in [6.07, 6.45) is 4.85. The van der Waals surface area contributed by atoms with Crippen molar-refractivity contribution in [2.75, 3.05) is 13.2 Å². The molecule has 2 rings (SSSR count). The molecule has 1 saturated carbocycles. The molecule has 2 fully saturated rings. The zero-order chi connectivity index (χ0) is 13.1. The van der Waals surface area contributed by atoms with Crippen molar-refractivity contribution in [1.29, 1.82) is 0 Å². The van der Waals surface area contributed by atoms with E-state index in [0.717, 1.165) is 12.8 Å². The van der Waals surface area contributed by atoms with Crippen LogP contribution in [-0.4, -0.2) is 47.1 Å². The van der Waals surface area contributed by atoms with Crippen molar-refractivity contribution >= 4 is 11.8 Å². The highest BCUT2D eigenvalue weighted by atomic mass is 16.3. The van der Waals surface area contributed by atoms with Crippen molar-refractivity contribution in [3.8, 4) is 0 Å². The Morgan fingerprint density at radius 2 is 2.17 bits per heavy atom. The van der Waals surface area contributed by atoms with Gasteiger partial charge in [-0.15, -0.1) is 0 Å². The van der Waals surface area contributed by atoms with Crippen LogP contribution in [-0.2, 0) is 9.59 Å². The molecule has 0 aromatic heterocycles. The highest BCUT2D eigenvalue weighted by molar-refractivity contribution is 5.89. The smallest absolute Gasteiger partial charge is 0.225 e. The molecule has 0 aromatic carbocycles. The van der Waals surface area contributed by atoms with Crippen molar-refractivity contribution in [3.05, 3.63) is 0 Å². The average Bonchev–Trinajstić information content (AvgIpc) is 2.97. The van der Waals surface area contributed by atoms with Crippen LogP contribution in [0.2, 0.25) is 0 Å². The summed E-state index contributed by atoms with van der Waals surface area (Å²) in [5.74, 6) is -0.240. The van der Waals surface area contributed by atoms with E-state index in [-0.39, 0.29) is 30.4 Å². The molecule has 1 saturated heterocycles. The normalized spacial score (nSPS) is 26.7. The van der Waals surface area contributed by atoms with Gasteiger partial charge in [0.1, 0.15) is 0 Å². The molecule has 1 aliphatic heterocycles. The van der Waals surface area contributed by atoms with Crippen molar-refractivity contribution < 1.29 is 14.7 Å². The molecule has 1 aliphatic carbocycles. The summed E-state index contributed by atoms with van der Waals surface area (Å²) < 4.78 is 0. The molecule has 2 aliphatic rings. The lowest BCUT2D eigenvalue weighted by Crippen LogP contribution is -2.41. The van der Waals surface area contributed by atoms with Gasteiger partial charge in [0.2, 0.25) is 11.8 Å². The molecular weight excluding hydrogens is 232 g/mol. The number of aliphatic hydroxyl groups is 1. The minimum Gasteiger partial charge on any atom is -0.394 e. The second kappa shape index (κ2) is 5.69. The molecule has 2 amide bonds. The molecule has 0 bridgehead atoms. The lowest BCUT2D eigenvalue weighted by atomic mass is 10.1. The summed E-state index contributed by atoms with van der Waals surface area (Å²) >= 11 is 0. The van der Waals surface area contributed by atoms with Gasteiger partial charge < -0.3 is 15.3 Å². The van der Waals surface area contributed by atoms with Gasteiger partial charge in [-0.05, 0) is 19.8 Å². The van der Waals surface area contributed by atoms with Crippen LogP contribution in [0.25, 0.3) is 0 Å². The van der Waals surface area contributed by atoms with Gasteiger partial charge in [0, 0.05) is 25.0 Å². The fourth-order valence-corrected chi connectivity index (χ4v) is 2.88. The van der Waals surface area contributed by atoms with Gasteiger partial charge >= 0.3 is 0 Å². The van der Waals surface area contributed by atoms with Crippen LogP contribution >= 0.6 is 0 Å². The van der Waals surface area contributed by atoms with Crippen LogP contribution in [0.1, 0.15) is 39.0 Å². The number of hydrogen-bond donors (Lipinski definition) is 2. The summed E-state index contributed by atoms with van der Waals surface area (Å²) in [6.45, 7) is 2.23. The first kappa shape index (κ1) is 13.3. The number of likely N-dealkylation sites (tertiary alicyclic amines) is 1. The van der Waals surface area contributed by atoms with E-state index < -0.39 is 0 Å². The van der Waals surface area contributed by atoms with E-state index in [0.29, 0.717) is 19.0 Å². The maximum Gasteiger partial charge on any atom is 0.225 e. The van der Waals surface area contributed by atoms with Gasteiger partial charge in [0.25, 0.3) is 0 Å². The molecule has 2 unspecified atom stereocenters. The molecule has 0 radical (unpaired) electrons. The second-order valence-corrected chi connectivity index (χ2v) is 5.48. The molecule has 5 nitrogen and oxygen atoms in total. The summed E-state index contributed by atoms with van der Waals surface area (Å²) in [5, 5.41) is 11.6. The van der Waals surface area contributed by atoms with Gasteiger partial charge in [-0.2, -0.15) is 0 Å². The number of aliphatic hydroxyl groups excluding tert-OH is 1. The summed E-state index contributed by atoms with van der Waals surface area (Å²) in [7, 11) is 0. The van der Waals surface area contributed by atoms with E-state index >= 15 is 0 Å². The highest BCUT2D eigenvalue weighted by Gasteiger charge is 2.38. The van der Waals surface area contributed by atoms with Crippen LogP contribution in [0.15, 0.2) is 0 Å². The van der Waals surface area contributed by atoms with Crippen molar-refractivity contribution in [1.82, 2.24) is 10.2 Å². The third kappa shape index (κ3) is 2.83. The molecule has 18 heavy (non-hydrogen) atoms. The fraction of sp³-hybridized carbons (Fsp3) is 0.846. The van der Waals surface area contributed by atoms with Crippen molar-refractivity contribution in [2.24, 2.45) is 5.92 Å². The van der Waals surface area contributed by atoms with E-state index in [9.17, 15) is 9.59 Å². The second-order valence-electron chi connectivity index (χ2n) is 5.48. The minimum absolute atomic E-state index is 0.0707. The zero-order valence-electron chi connectivity index (χ0n) is 10.9. The molecule has 0 aromatic rings. The predicted molar refractivity (Wildman–Crippen MR) is 66.8 cm³/mol. The van der Waals surface area contributed by atoms with Gasteiger partial charge in [-0.3, -0.25) is 9.59 Å². The minimum atomic E-state index is -0.243. The number of carbonyl (C=O) groups is 2. The van der Waals surface area contributed by atoms with E-state index in [1.54, 1.807) is 6.92 Å². The van der Waals surface area contributed by atoms with Crippen LogP contribution in [0.5, 0.6) is 0 Å². The third-order valence-electron chi connectivity index (χ3n) is 3.96. The first-order valence-electron chi connectivity index (χ1n) is 6.82.